The van der Waals surface area contributed by atoms with E-state index in [1.807, 2.05) is 0 Å². The maximum absolute atomic E-state index is 13.7. The highest BCUT2D eigenvalue weighted by molar-refractivity contribution is 7.13. The van der Waals surface area contributed by atoms with Gasteiger partial charge in [-0.1, -0.05) is 6.07 Å². The molecule has 9 heteroatoms. The average Bonchev–Trinajstić information content (AvgIpc) is 3.39. The predicted octanol–water partition coefficient (Wildman–Crippen LogP) is 5.42. The number of halogens is 3. The third-order valence-electron chi connectivity index (χ3n) is 7.51. The summed E-state index contributed by atoms with van der Waals surface area (Å²) in [5.41, 5.74) is -0.587. The smallest absolute Gasteiger partial charge is 0.350 e. The van der Waals surface area contributed by atoms with E-state index in [1.165, 1.54) is 36.7 Å². The fourth-order valence-electron chi connectivity index (χ4n) is 6.70. The summed E-state index contributed by atoms with van der Waals surface area (Å²) in [5, 5.41) is 8.77. The SMILES string of the molecule is O=C(NCC12CC3CC(CC(C3)C1)C2)c1cc2nc(-c3cccs3)cc(C(F)(F)F)n2n1. The Labute approximate surface area is 187 Å². The van der Waals surface area contributed by atoms with Gasteiger partial charge in [0.1, 0.15) is 0 Å². The zero-order chi connectivity index (χ0) is 22.1. The van der Waals surface area contributed by atoms with Gasteiger partial charge in [-0.15, -0.1) is 11.3 Å². The molecule has 0 unspecified atom stereocenters. The molecule has 4 saturated carbocycles. The van der Waals surface area contributed by atoms with E-state index in [0.29, 0.717) is 11.4 Å². The van der Waals surface area contributed by atoms with Crippen molar-refractivity contribution in [3.8, 4) is 10.6 Å². The second-order valence-corrected chi connectivity index (χ2v) is 10.8. The first-order valence-corrected chi connectivity index (χ1v) is 12.0. The lowest BCUT2D eigenvalue weighted by atomic mass is 9.49. The molecule has 0 saturated heterocycles. The van der Waals surface area contributed by atoms with Crippen molar-refractivity contribution in [3.63, 3.8) is 0 Å². The number of thiophene rings is 1. The monoisotopic (exact) mass is 460 g/mol. The Kier molecular flexibility index (Phi) is 4.44. The van der Waals surface area contributed by atoms with Gasteiger partial charge >= 0.3 is 6.18 Å². The maximum atomic E-state index is 13.7. The number of nitrogens with one attached hydrogen (secondary N) is 1. The van der Waals surface area contributed by atoms with Crippen LogP contribution in [0.5, 0.6) is 0 Å². The van der Waals surface area contributed by atoms with Crippen LogP contribution in [0.15, 0.2) is 29.6 Å². The first kappa shape index (κ1) is 20.2. The Hall–Kier alpha value is -2.42. The number of carbonyl (C=O) groups excluding carboxylic acids is 1. The molecule has 168 valence electrons. The van der Waals surface area contributed by atoms with E-state index >= 15 is 0 Å². The van der Waals surface area contributed by atoms with Crippen LogP contribution in [0, 0.1) is 23.2 Å². The standard InChI is InChI=1S/C23H23F3N4OS/c24-23(25,26)19-7-16(18-2-1-3-32-18)28-20-8-17(29-30(19)20)21(31)27-12-22-9-13-4-14(10-22)6-15(5-13)11-22/h1-3,7-8,13-15H,4-6,9-12H2,(H,27,31). The molecule has 5 nitrogen and oxygen atoms in total. The van der Waals surface area contributed by atoms with Crippen LogP contribution >= 0.6 is 11.3 Å². The van der Waals surface area contributed by atoms with Gasteiger partial charge in [-0.3, -0.25) is 4.79 Å². The number of fused-ring (bicyclic) bond motifs is 1. The van der Waals surface area contributed by atoms with Crippen molar-refractivity contribution in [3.05, 3.63) is 41.0 Å². The number of amides is 1. The van der Waals surface area contributed by atoms with Crippen molar-refractivity contribution in [2.24, 2.45) is 23.2 Å². The maximum Gasteiger partial charge on any atom is 0.433 e. The lowest BCUT2D eigenvalue weighted by Gasteiger charge is -2.56. The molecule has 4 aliphatic rings. The van der Waals surface area contributed by atoms with Crippen molar-refractivity contribution in [2.45, 2.75) is 44.7 Å². The zero-order valence-electron chi connectivity index (χ0n) is 17.4. The molecule has 4 fully saturated rings. The van der Waals surface area contributed by atoms with Crippen LogP contribution in [0.25, 0.3) is 16.2 Å². The fraction of sp³-hybridized carbons (Fsp3) is 0.522. The average molecular weight is 461 g/mol. The van der Waals surface area contributed by atoms with Crippen molar-refractivity contribution >= 4 is 22.9 Å². The van der Waals surface area contributed by atoms with Gasteiger partial charge in [0.2, 0.25) is 0 Å². The highest BCUT2D eigenvalue weighted by Gasteiger charge is 2.50. The molecule has 32 heavy (non-hydrogen) atoms. The summed E-state index contributed by atoms with van der Waals surface area (Å²) < 4.78 is 41.9. The van der Waals surface area contributed by atoms with E-state index < -0.39 is 17.8 Å². The van der Waals surface area contributed by atoms with Crippen molar-refractivity contribution < 1.29 is 18.0 Å². The van der Waals surface area contributed by atoms with Gasteiger partial charge < -0.3 is 5.32 Å². The van der Waals surface area contributed by atoms with Crippen LogP contribution in [0.3, 0.4) is 0 Å². The third kappa shape index (κ3) is 3.41. The third-order valence-corrected chi connectivity index (χ3v) is 8.41. The van der Waals surface area contributed by atoms with Crippen molar-refractivity contribution in [1.82, 2.24) is 19.9 Å². The van der Waals surface area contributed by atoms with Gasteiger partial charge in [-0.2, -0.15) is 18.3 Å². The molecule has 4 bridgehead atoms. The molecule has 3 heterocycles. The van der Waals surface area contributed by atoms with Crippen molar-refractivity contribution in [1.29, 1.82) is 0 Å². The van der Waals surface area contributed by atoms with Crippen LogP contribution in [0.2, 0.25) is 0 Å². The Morgan fingerprint density at radius 1 is 1.16 bits per heavy atom. The van der Waals surface area contributed by atoms with Crippen molar-refractivity contribution in [2.75, 3.05) is 6.54 Å². The Balaban J connectivity index is 1.28. The lowest BCUT2D eigenvalue weighted by molar-refractivity contribution is -0.142. The molecule has 1 amide bonds. The van der Waals surface area contributed by atoms with E-state index in [1.54, 1.807) is 17.5 Å². The van der Waals surface area contributed by atoms with E-state index in [2.05, 4.69) is 15.4 Å². The highest BCUT2D eigenvalue weighted by atomic mass is 32.1. The van der Waals surface area contributed by atoms with Crippen LogP contribution < -0.4 is 5.32 Å². The van der Waals surface area contributed by atoms with Gasteiger partial charge in [-0.25, -0.2) is 9.50 Å². The molecule has 3 aromatic heterocycles. The second kappa shape index (κ2) is 7.04. The number of nitrogens with zero attached hydrogens (tertiary/aromatic N) is 3. The van der Waals surface area contributed by atoms with Gasteiger partial charge in [-0.05, 0) is 79.2 Å². The number of rotatable bonds is 4. The molecule has 0 spiro atoms. The molecule has 1 N–H and O–H groups in total. The predicted molar refractivity (Wildman–Crippen MR) is 114 cm³/mol. The Morgan fingerprint density at radius 2 is 1.84 bits per heavy atom. The van der Waals surface area contributed by atoms with Gasteiger partial charge in [0.15, 0.2) is 17.0 Å². The minimum Gasteiger partial charge on any atom is -0.350 e. The lowest BCUT2D eigenvalue weighted by Crippen LogP contribution is -2.51. The normalized spacial score (nSPS) is 29.0. The minimum absolute atomic E-state index is 0.0168. The number of carbonyl (C=O) groups is 1. The summed E-state index contributed by atoms with van der Waals surface area (Å²) >= 11 is 1.31. The quantitative estimate of drug-likeness (QED) is 0.565. The van der Waals surface area contributed by atoms with E-state index in [4.69, 9.17) is 0 Å². The summed E-state index contributed by atoms with van der Waals surface area (Å²) in [6, 6.07) is 5.82. The van der Waals surface area contributed by atoms with Gasteiger partial charge in [0.25, 0.3) is 5.91 Å². The molecule has 0 aromatic carbocycles. The summed E-state index contributed by atoms with van der Waals surface area (Å²) in [6.07, 6.45) is 2.78. The molecule has 7 rings (SSSR count). The molecule has 3 aromatic rings. The van der Waals surface area contributed by atoms with Crippen LogP contribution in [-0.4, -0.2) is 27.0 Å². The van der Waals surface area contributed by atoms with Crippen LogP contribution in [0.4, 0.5) is 13.2 Å². The first-order chi connectivity index (χ1) is 15.3. The molecular weight excluding hydrogens is 437 g/mol. The van der Waals surface area contributed by atoms with E-state index in [9.17, 15) is 18.0 Å². The number of aromatic nitrogens is 3. The van der Waals surface area contributed by atoms with Gasteiger partial charge in [0.05, 0.1) is 10.6 Å². The number of hydrogen-bond donors (Lipinski definition) is 1. The fourth-order valence-corrected chi connectivity index (χ4v) is 7.39. The van der Waals surface area contributed by atoms with E-state index in [-0.39, 0.29) is 22.5 Å². The summed E-state index contributed by atoms with van der Waals surface area (Å²) in [6.45, 7) is 0.573. The molecular formula is C23H23F3N4OS. The topological polar surface area (TPSA) is 59.3 Å². The molecule has 4 aliphatic carbocycles. The van der Waals surface area contributed by atoms with Crippen LogP contribution in [-0.2, 0) is 6.18 Å². The Morgan fingerprint density at radius 3 is 2.44 bits per heavy atom. The van der Waals surface area contributed by atoms with E-state index in [0.717, 1.165) is 47.6 Å². The number of alkyl halides is 3. The summed E-state index contributed by atoms with van der Waals surface area (Å²) in [7, 11) is 0. The molecule has 0 aliphatic heterocycles. The molecule has 0 radical (unpaired) electrons. The zero-order valence-corrected chi connectivity index (χ0v) is 18.2. The summed E-state index contributed by atoms with van der Waals surface area (Å²) in [5.74, 6) is 1.87. The summed E-state index contributed by atoms with van der Waals surface area (Å²) in [4.78, 5) is 17.9. The second-order valence-electron chi connectivity index (χ2n) is 9.90. The number of hydrogen-bond acceptors (Lipinski definition) is 4. The highest BCUT2D eigenvalue weighted by Crippen LogP contribution is 2.59. The molecule has 0 atom stereocenters. The van der Waals surface area contributed by atoms with Gasteiger partial charge in [0, 0.05) is 12.6 Å². The minimum atomic E-state index is -4.62. The Bertz CT molecular complexity index is 1150. The van der Waals surface area contributed by atoms with Crippen LogP contribution in [0.1, 0.15) is 54.7 Å². The first-order valence-electron chi connectivity index (χ1n) is 11.1. The largest absolute Gasteiger partial charge is 0.433 e.